The molecule has 1 aromatic carbocycles. The lowest BCUT2D eigenvalue weighted by Gasteiger charge is -2.46. The van der Waals surface area contributed by atoms with Crippen LogP contribution < -0.4 is 0 Å². The fourth-order valence-electron chi connectivity index (χ4n) is 2.46. The summed E-state index contributed by atoms with van der Waals surface area (Å²) in [6, 6.07) is 10.7. The van der Waals surface area contributed by atoms with Crippen molar-refractivity contribution in [2.24, 2.45) is 10.5 Å². The first-order chi connectivity index (χ1) is 9.19. The molecule has 108 valence electrons. The van der Waals surface area contributed by atoms with Crippen molar-refractivity contribution in [3.63, 3.8) is 0 Å². The first-order valence-electron chi connectivity index (χ1n) is 7.31. The van der Waals surface area contributed by atoms with Crippen LogP contribution in [0.25, 0.3) is 0 Å². The van der Waals surface area contributed by atoms with Crippen LogP contribution in [0.5, 0.6) is 0 Å². The zero-order valence-electron chi connectivity index (χ0n) is 13.5. The molecule has 0 spiro atoms. The van der Waals surface area contributed by atoms with Crippen molar-refractivity contribution in [1.29, 1.82) is 0 Å². The number of hydrazone groups is 1. The molecule has 0 bridgehead atoms. The summed E-state index contributed by atoms with van der Waals surface area (Å²) in [4.78, 5) is 0. The van der Waals surface area contributed by atoms with Crippen molar-refractivity contribution >= 4 is 5.71 Å². The molecule has 0 saturated carbocycles. The summed E-state index contributed by atoms with van der Waals surface area (Å²) in [7, 11) is 0. The molecule has 0 aromatic heterocycles. The van der Waals surface area contributed by atoms with Gasteiger partial charge in [-0.15, -0.1) is 0 Å². The van der Waals surface area contributed by atoms with E-state index in [1.807, 2.05) is 6.07 Å². The Balaban J connectivity index is 2.41. The smallest absolute Gasteiger partial charge is 0.0902 e. The molecule has 1 atom stereocenters. The summed E-state index contributed by atoms with van der Waals surface area (Å²) in [5.41, 5.74) is 2.38. The molecule has 2 heteroatoms. The first-order valence-corrected chi connectivity index (χ1v) is 7.31. The Morgan fingerprint density at radius 3 is 2.05 bits per heavy atom. The van der Waals surface area contributed by atoms with Crippen LogP contribution in [0.1, 0.15) is 47.1 Å². The number of benzene rings is 1. The second kappa shape index (κ2) is 5.08. The number of allylic oxidation sites excluding steroid dienone is 1. The van der Waals surface area contributed by atoms with E-state index < -0.39 is 0 Å². The maximum absolute atomic E-state index is 4.93. The van der Waals surface area contributed by atoms with Gasteiger partial charge in [-0.25, -0.2) is 0 Å². The zero-order chi connectivity index (χ0) is 15.0. The molecule has 0 amide bonds. The van der Waals surface area contributed by atoms with Gasteiger partial charge in [0.1, 0.15) is 0 Å². The lowest BCUT2D eigenvalue weighted by Crippen LogP contribution is -2.51. The second-order valence-corrected chi connectivity index (χ2v) is 7.54. The number of nitrogens with zero attached hydrogens (tertiary/aromatic N) is 2. The van der Waals surface area contributed by atoms with Crippen molar-refractivity contribution < 1.29 is 0 Å². The lowest BCUT2D eigenvalue weighted by atomic mass is 9.83. The highest BCUT2D eigenvalue weighted by atomic mass is 15.5. The molecular formula is C18H26N2. The van der Waals surface area contributed by atoms with Gasteiger partial charge in [0.15, 0.2) is 0 Å². The Morgan fingerprint density at radius 1 is 0.950 bits per heavy atom. The molecule has 1 aromatic rings. The Hall–Kier alpha value is -1.57. The van der Waals surface area contributed by atoms with E-state index in [1.54, 1.807) is 0 Å². The third-order valence-corrected chi connectivity index (χ3v) is 3.56. The lowest BCUT2D eigenvalue weighted by molar-refractivity contribution is 0.0499. The van der Waals surface area contributed by atoms with Gasteiger partial charge in [0.2, 0.25) is 0 Å². The Labute approximate surface area is 123 Å². The topological polar surface area (TPSA) is 15.6 Å². The minimum Gasteiger partial charge on any atom is -0.284 e. The largest absolute Gasteiger partial charge is 0.284 e. The number of hydrogen-bond donors (Lipinski definition) is 0. The molecule has 0 aliphatic carbocycles. The molecule has 0 fully saturated rings. The van der Waals surface area contributed by atoms with Crippen molar-refractivity contribution in [2.75, 3.05) is 0 Å². The summed E-state index contributed by atoms with van der Waals surface area (Å²) in [6.45, 7) is 13.5. The van der Waals surface area contributed by atoms with Crippen LogP contribution in [0.4, 0.5) is 0 Å². The maximum atomic E-state index is 4.93. The highest BCUT2D eigenvalue weighted by molar-refractivity contribution is 6.08. The van der Waals surface area contributed by atoms with Gasteiger partial charge in [-0.05, 0) is 32.3 Å². The Kier molecular flexibility index (Phi) is 3.77. The van der Waals surface area contributed by atoms with Gasteiger partial charge in [0.05, 0.1) is 17.3 Å². The van der Waals surface area contributed by atoms with E-state index in [9.17, 15) is 0 Å². The minimum absolute atomic E-state index is 0.00272. The summed E-state index contributed by atoms with van der Waals surface area (Å²) in [6.07, 6.45) is 4.45. The fraction of sp³-hybridized carbons (Fsp3) is 0.500. The van der Waals surface area contributed by atoms with Crippen LogP contribution in [0.3, 0.4) is 0 Å². The monoisotopic (exact) mass is 270 g/mol. The zero-order valence-corrected chi connectivity index (χ0v) is 13.5. The average molecular weight is 270 g/mol. The van der Waals surface area contributed by atoms with E-state index in [-0.39, 0.29) is 11.0 Å². The molecule has 1 aliphatic rings. The van der Waals surface area contributed by atoms with Crippen LogP contribution in [0.15, 0.2) is 47.6 Å². The van der Waals surface area contributed by atoms with E-state index >= 15 is 0 Å². The van der Waals surface area contributed by atoms with Gasteiger partial charge < -0.3 is 0 Å². The van der Waals surface area contributed by atoms with Gasteiger partial charge in [-0.3, -0.25) is 5.01 Å². The fourth-order valence-corrected chi connectivity index (χ4v) is 2.46. The van der Waals surface area contributed by atoms with E-state index in [0.717, 1.165) is 5.71 Å². The summed E-state index contributed by atoms with van der Waals surface area (Å²) < 4.78 is 0. The molecule has 1 heterocycles. The highest BCUT2D eigenvalue weighted by Gasteiger charge is 2.36. The summed E-state index contributed by atoms with van der Waals surface area (Å²) in [5, 5.41) is 7.18. The van der Waals surface area contributed by atoms with Crippen LogP contribution >= 0.6 is 0 Å². The standard InChI is InChI=1S/C18H26N2/c1-17(2,3)16-13-12-15(14-10-8-7-9-11-14)19-20(16)18(4,5)6/h7-13,16H,1-6H3. The third kappa shape index (κ3) is 3.12. The molecule has 2 rings (SSSR count). The molecule has 1 aliphatic heterocycles. The number of hydrogen-bond acceptors (Lipinski definition) is 2. The first kappa shape index (κ1) is 14.8. The molecule has 0 saturated heterocycles. The van der Waals surface area contributed by atoms with Gasteiger partial charge in [-0.1, -0.05) is 57.2 Å². The second-order valence-electron chi connectivity index (χ2n) is 7.54. The van der Waals surface area contributed by atoms with Crippen LogP contribution in [-0.2, 0) is 0 Å². The van der Waals surface area contributed by atoms with Crippen LogP contribution in [-0.4, -0.2) is 22.3 Å². The molecule has 0 radical (unpaired) electrons. The molecular weight excluding hydrogens is 244 g/mol. The van der Waals surface area contributed by atoms with Gasteiger partial charge in [0, 0.05) is 5.56 Å². The summed E-state index contributed by atoms with van der Waals surface area (Å²) >= 11 is 0. The predicted molar refractivity (Wildman–Crippen MR) is 87.0 cm³/mol. The average Bonchev–Trinajstić information content (AvgIpc) is 2.37. The van der Waals surface area contributed by atoms with E-state index in [0.29, 0.717) is 6.04 Å². The van der Waals surface area contributed by atoms with Gasteiger partial charge in [-0.2, -0.15) is 5.10 Å². The summed E-state index contributed by atoms with van der Waals surface area (Å²) in [5.74, 6) is 0. The quantitative estimate of drug-likeness (QED) is 0.735. The molecule has 20 heavy (non-hydrogen) atoms. The predicted octanol–water partition coefficient (Wildman–Crippen LogP) is 4.48. The highest BCUT2D eigenvalue weighted by Crippen LogP contribution is 2.33. The normalized spacial score (nSPS) is 20.0. The van der Waals surface area contributed by atoms with E-state index in [1.165, 1.54) is 5.56 Å². The van der Waals surface area contributed by atoms with Crippen molar-refractivity contribution in [3.8, 4) is 0 Å². The third-order valence-electron chi connectivity index (χ3n) is 3.56. The number of rotatable bonds is 1. The Morgan fingerprint density at radius 2 is 1.55 bits per heavy atom. The van der Waals surface area contributed by atoms with E-state index in [2.05, 4.69) is 83.0 Å². The molecule has 1 unspecified atom stereocenters. The Bertz CT molecular complexity index is 513. The van der Waals surface area contributed by atoms with Gasteiger partial charge in [0.25, 0.3) is 0 Å². The van der Waals surface area contributed by atoms with Crippen LogP contribution in [0, 0.1) is 5.41 Å². The van der Waals surface area contributed by atoms with Crippen LogP contribution in [0.2, 0.25) is 0 Å². The molecule has 2 nitrogen and oxygen atoms in total. The van der Waals surface area contributed by atoms with Gasteiger partial charge >= 0.3 is 0 Å². The SMILES string of the molecule is CC(C)(C)C1C=CC(c2ccccc2)=NN1C(C)(C)C. The molecule has 0 N–H and O–H groups in total. The minimum atomic E-state index is 0.00272. The van der Waals surface area contributed by atoms with Crippen molar-refractivity contribution in [3.05, 3.63) is 48.0 Å². The van der Waals surface area contributed by atoms with Crippen molar-refractivity contribution in [2.45, 2.75) is 53.1 Å². The van der Waals surface area contributed by atoms with Crippen molar-refractivity contribution in [1.82, 2.24) is 5.01 Å². The maximum Gasteiger partial charge on any atom is 0.0902 e. The van der Waals surface area contributed by atoms with E-state index in [4.69, 9.17) is 5.10 Å².